The zero-order valence-electron chi connectivity index (χ0n) is 8.17. The quantitative estimate of drug-likeness (QED) is 0.846. The molecule has 0 amide bonds. The van der Waals surface area contributed by atoms with E-state index in [0.717, 1.165) is 22.2 Å². The van der Waals surface area contributed by atoms with Crippen molar-refractivity contribution in [2.75, 3.05) is 7.11 Å². The van der Waals surface area contributed by atoms with Gasteiger partial charge < -0.3 is 9.72 Å². The highest BCUT2D eigenvalue weighted by Crippen LogP contribution is 2.29. The molecule has 0 saturated heterocycles. The molecule has 0 aliphatic heterocycles. The minimum atomic E-state index is 0.311. The summed E-state index contributed by atoms with van der Waals surface area (Å²) < 4.78 is 5.10. The molecule has 0 saturated carbocycles. The molecule has 15 heavy (non-hydrogen) atoms. The first-order valence-electron chi connectivity index (χ1n) is 4.47. The van der Waals surface area contributed by atoms with Crippen molar-refractivity contribution < 1.29 is 4.74 Å². The molecule has 1 heterocycles. The third-order valence-electron chi connectivity index (χ3n) is 2.32. The highest BCUT2D eigenvalue weighted by atomic mass is 35.5. The van der Waals surface area contributed by atoms with E-state index in [1.807, 2.05) is 18.2 Å². The highest BCUT2D eigenvalue weighted by molar-refractivity contribution is 6.31. The van der Waals surface area contributed by atoms with E-state index in [9.17, 15) is 0 Å². The Morgan fingerprint density at radius 2 is 2.33 bits per heavy atom. The van der Waals surface area contributed by atoms with Crippen molar-refractivity contribution in [2.24, 2.45) is 0 Å². The predicted octanol–water partition coefficient (Wildman–Crippen LogP) is 2.90. The van der Waals surface area contributed by atoms with Gasteiger partial charge in [-0.3, -0.25) is 0 Å². The molecule has 0 bridgehead atoms. The molecule has 0 spiro atoms. The van der Waals surface area contributed by atoms with E-state index in [0.29, 0.717) is 11.6 Å². The van der Waals surface area contributed by atoms with Crippen LogP contribution < -0.4 is 4.74 Å². The van der Waals surface area contributed by atoms with Gasteiger partial charge >= 0.3 is 0 Å². The average Bonchev–Trinajstić information content (AvgIpc) is 2.55. The van der Waals surface area contributed by atoms with E-state index in [2.05, 4.69) is 11.1 Å². The van der Waals surface area contributed by atoms with E-state index in [1.165, 1.54) is 0 Å². The summed E-state index contributed by atoms with van der Waals surface area (Å²) in [6, 6.07) is 7.72. The summed E-state index contributed by atoms with van der Waals surface area (Å²) in [5.74, 6) is 0.768. The second kappa shape index (κ2) is 3.84. The van der Waals surface area contributed by atoms with Crippen LogP contribution in [0.1, 0.15) is 5.56 Å². The number of nitrogens with one attached hydrogen (secondary N) is 1. The Labute approximate surface area is 92.2 Å². The summed E-state index contributed by atoms with van der Waals surface area (Å²) in [4.78, 5) is 3.02. The van der Waals surface area contributed by atoms with Crippen molar-refractivity contribution in [1.29, 1.82) is 5.26 Å². The van der Waals surface area contributed by atoms with Gasteiger partial charge in [-0.1, -0.05) is 11.6 Å². The van der Waals surface area contributed by atoms with Gasteiger partial charge in [0.1, 0.15) is 10.9 Å². The average molecular weight is 221 g/mol. The number of aromatic amines is 1. The topological polar surface area (TPSA) is 48.8 Å². The van der Waals surface area contributed by atoms with E-state index in [1.54, 1.807) is 7.11 Å². The number of aromatic nitrogens is 1. The molecule has 1 aromatic heterocycles. The normalized spacial score (nSPS) is 10.2. The molecule has 76 valence electrons. The number of hydrogen-bond donors (Lipinski definition) is 1. The number of methoxy groups -OCH3 is 1. The molecular weight excluding hydrogens is 212 g/mol. The Morgan fingerprint density at radius 3 is 3.00 bits per heavy atom. The Balaban J connectivity index is 2.64. The summed E-state index contributed by atoms with van der Waals surface area (Å²) in [6.45, 7) is 0. The number of rotatable bonds is 2. The molecule has 0 radical (unpaired) electrons. The lowest BCUT2D eigenvalue weighted by atomic mass is 10.1. The molecule has 2 aromatic rings. The van der Waals surface area contributed by atoms with Crippen molar-refractivity contribution in [1.82, 2.24) is 4.98 Å². The Kier molecular flexibility index (Phi) is 2.53. The Bertz CT molecular complexity index is 539. The van der Waals surface area contributed by atoms with E-state index in [-0.39, 0.29) is 0 Å². The standard InChI is InChI=1S/C11H9ClN2O/c1-15-7-2-3-8-9(4-5-13)11(12)14-10(8)6-7/h2-3,6,14H,4H2,1H3. The van der Waals surface area contributed by atoms with Crippen LogP contribution in [0.5, 0.6) is 5.75 Å². The second-order valence-electron chi connectivity index (χ2n) is 3.16. The smallest absolute Gasteiger partial charge is 0.120 e. The largest absolute Gasteiger partial charge is 0.497 e. The molecular formula is C11H9ClN2O. The number of halogens is 1. The molecule has 4 heteroatoms. The molecule has 0 fully saturated rings. The maximum Gasteiger partial charge on any atom is 0.120 e. The summed E-state index contributed by atoms with van der Waals surface area (Å²) in [5.41, 5.74) is 1.74. The Morgan fingerprint density at radius 1 is 1.53 bits per heavy atom. The Hall–Kier alpha value is -1.66. The van der Waals surface area contributed by atoms with Gasteiger partial charge in [0.15, 0.2) is 0 Å². The van der Waals surface area contributed by atoms with Gasteiger partial charge in [0, 0.05) is 17.0 Å². The first kappa shape index (κ1) is 9.88. The number of H-pyrrole nitrogens is 1. The third kappa shape index (κ3) is 1.64. The van der Waals surface area contributed by atoms with Gasteiger partial charge in [-0.25, -0.2) is 0 Å². The molecule has 0 aliphatic carbocycles. The fraction of sp³-hybridized carbons (Fsp3) is 0.182. The van der Waals surface area contributed by atoms with Crippen LogP contribution in [0.2, 0.25) is 5.15 Å². The lowest BCUT2D eigenvalue weighted by Gasteiger charge is -1.98. The van der Waals surface area contributed by atoms with Crippen LogP contribution in [-0.2, 0) is 6.42 Å². The maximum atomic E-state index is 8.68. The zero-order chi connectivity index (χ0) is 10.8. The number of nitriles is 1. The van der Waals surface area contributed by atoms with Crippen LogP contribution in [0.15, 0.2) is 18.2 Å². The molecule has 3 nitrogen and oxygen atoms in total. The highest BCUT2D eigenvalue weighted by Gasteiger charge is 2.09. The molecule has 0 unspecified atom stereocenters. The van der Waals surface area contributed by atoms with Crippen molar-refractivity contribution in [3.63, 3.8) is 0 Å². The molecule has 2 rings (SSSR count). The summed E-state index contributed by atoms with van der Waals surface area (Å²) in [5, 5.41) is 10.2. The fourth-order valence-electron chi connectivity index (χ4n) is 1.58. The maximum absolute atomic E-state index is 8.68. The minimum absolute atomic E-state index is 0.311. The molecule has 0 aliphatic rings. The lowest BCUT2D eigenvalue weighted by molar-refractivity contribution is 0.415. The molecule has 1 N–H and O–H groups in total. The van der Waals surface area contributed by atoms with Gasteiger partial charge in [0.25, 0.3) is 0 Å². The van der Waals surface area contributed by atoms with Crippen molar-refractivity contribution in [3.8, 4) is 11.8 Å². The zero-order valence-corrected chi connectivity index (χ0v) is 8.93. The third-order valence-corrected chi connectivity index (χ3v) is 2.64. The van der Waals surface area contributed by atoms with Crippen LogP contribution in [0.3, 0.4) is 0 Å². The number of fused-ring (bicyclic) bond motifs is 1. The van der Waals surface area contributed by atoms with Gasteiger partial charge in [-0.2, -0.15) is 5.26 Å². The van der Waals surface area contributed by atoms with Crippen LogP contribution in [-0.4, -0.2) is 12.1 Å². The monoisotopic (exact) mass is 220 g/mol. The number of benzene rings is 1. The van der Waals surface area contributed by atoms with Gasteiger partial charge in [0.05, 0.1) is 25.1 Å². The first-order chi connectivity index (χ1) is 7.26. The second-order valence-corrected chi connectivity index (χ2v) is 3.54. The number of ether oxygens (including phenoxy) is 1. The first-order valence-corrected chi connectivity index (χ1v) is 4.85. The van der Waals surface area contributed by atoms with Crippen LogP contribution in [0.4, 0.5) is 0 Å². The number of hydrogen-bond acceptors (Lipinski definition) is 2. The van der Waals surface area contributed by atoms with Crippen molar-refractivity contribution in [2.45, 2.75) is 6.42 Å². The predicted molar refractivity (Wildman–Crippen MR) is 59.2 cm³/mol. The van der Waals surface area contributed by atoms with Crippen molar-refractivity contribution >= 4 is 22.5 Å². The van der Waals surface area contributed by atoms with Gasteiger partial charge in [0.2, 0.25) is 0 Å². The molecule has 1 aromatic carbocycles. The van der Waals surface area contributed by atoms with Gasteiger partial charge in [-0.05, 0) is 12.1 Å². The summed E-state index contributed by atoms with van der Waals surface area (Å²) in [7, 11) is 1.61. The van der Waals surface area contributed by atoms with E-state index >= 15 is 0 Å². The SMILES string of the molecule is COc1ccc2c(CC#N)c(Cl)[nH]c2c1. The summed E-state index contributed by atoms with van der Waals surface area (Å²) in [6.07, 6.45) is 0.311. The van der Waals surface area contributed by atoms with Crippen LogP contribution >= 0.6 is 11.6 Å². The van der Waals surface area contributed by atoms with E-state index < -0.39 is 0 Å². The summed E-state index contributed by atoms with van der Waals surface area (Å²) >= 11 is 5.99. The van der Waals surface area contributed by atoms with E-state index in [4.69, 9.17) is 21.6 Å². The lowest BCUT2D eigenvalue weighted by Crippen LogP contribution is -1.82. The fourth-order valence-corrected chi connectivity index (χ4v) is 1.85. The van der Waals surface area contributed by atoms with Crippen LogP contribution in [0, 0.1) is 11.3 Å². The van der Waals surface area contributed by atoms with Gasteiger partial charge in [-0.15, -0.1) is 0 Å². The minimum Gasteiger partial charge on any atom is -0.497 e. The van der Waals surface area contributed by atoms with Crippen molar-refractivity contribution in [3.05, 3.63) is 28.9 Å². The molecule has 0 atom stereocenters. The number of nitrogens with zero attached hydrogens (tertiary/aromatic N) is 1. The van der Waals surface area contributed by atoms with Crippen LogP contribution in [0.25, 0.3) is 10.9 Å².